The zero-order valence-electron chi connectivity index (χ0n) is 16.5. The van der Waals surface area contributed by atoms with Crippen LogP contribution in [0.1, 0.15) is 10.4 Å². The first-order valence-electron chi connectivity index (χ1n) is 9.20. The van der Waals surface area contributed by atoms with E-state index >= 15 is 0 Å². The van der Waals surface area contributed by atoms with Crippen LogP contribution in [0.2, 0.25) is 0 Å². The van der Waals surface area contributed by atoms with Gasteiger partial charge in [-0.05, 0) is 48.5 Å². The zero-order valence-corrected chi connectivity index (χ0v) is 16.5. The van der Waals surface area contributed by atoms with Crippen molar-refractivity contribution < 1.29 is 18.7 Å². The molecule has 0 radical (unpaired) electrons. The van der Waals surface area contributed by atoms with E-state index in [0.29, 0.717) is 40.1 Å². The number of nitrogens with zero attached hydrogens (tertiary/aromatic N) is 2. The summed E-state index contributed by atoms with van der Waals surface area (Å²) < 4.78 is 16.3. The molecule has 1 aromatic heterocycles. The van der Waals surface area contributed by atoms with Crippen LogP contribution in [0.3, 0.4) is 0 Å². The number of carbonyl (C=O) groups is 1. The lowest BCUT2D eigenvalue weighted by atomic mass is 10.1. The van der Waals surface area contributed by atoms with Crippen molar-refractivity contribution in [3.8, 4) is 34.4 Å². The number of anilines is 1. The maximum Gasteiger partial charge on any atom is 0.255 e. The molecule has 0 bridgehead atoms. The fourth-order valence-corrected chi connectivity index (χ4v) is 2.94. The van der Waals surface area contributed by atoms with Crippen LogP contribution in [-0.4, -0.2) is 30.3 Å². The van der Waals surface area contributed by atoms with Crippen LogP contribution in [0, 0.1) is 0 Å². The highest BCUT2D eigenvalue weighted by Crippen LogP contribution is 2.30. The highest BCUT2D eigenvalue weighted by Gasteiger charge is 2.16. The molecule has 0 saturated carbocycles. The molecule has 1 heterocycles. The molecule has 4 rings (SSSR count). The first kappa shape index (κ1) is 19.2. The summed E-state index contributed by atoms with van der Waals surface area (Å²) in [5, 5.41) is 11.2. The molecule has 7 heteroatoms. The Labute approximate surface area is 173 Å². The SMILES string of the molecule is COc1cccc(C(=O)Nc2ccccc2-c2nnc(-c3cccc(OC)c3)o2)c1. The number of methoxy groups -OCH3 is 2. The highest BCUT2D eigenvalue weighted by atomic mass is 16.5. The van der Waals surface area contributed by atoms with Crippen LogP contribution in [0.15, 0.2) is 77.2 Å². The van der Waals surface area contributed by atoms with Gasteiger partial charge in [0.05, 0.1) is 25.5 Å². The smallest absolute Gasteiger partial charge is 0.255 e. The number of rotatable bonds is 6. The molecule has 0 aliphatic carbocycles. The predicted molar refractivity (Wildman–Crippen MR) is 113 cm³/mol. The molecule has 4 aromatic rings. The molecular formula is C23H19N3O4. The number of para-hydroxylation sites is 1. The van der Waals surface area contributed by atoms with E-state index in [1.807, 2.05) is 42.5 Å². The molecular weight excluding hydrogens is 382 g/mol. The molecule has 1 amide bonds. The molecule has 0 unspecified atom stereocenters. The highest BCUT2D eigenvalue weighted by molar-refractivity contribution is 6.06. The van der Waals surface area contributed by atoms with Crippen LogP contribution in [0.5, 0.6) is 11.5 Å². The normalized spacial score (nSPS) is 10.5. The van der Waals surface area contributed by atoms with Gasteiger partial charge in [-0.15, -0.1) is 10.2 Å². The van der Waals surface area contributed by atoms with Crippen LogP contribution < -0.4 is 14.8 Å². The first-order valence-corrected chi connectivity index (χ1v) is 9.20. The van der Waals surface area contributed by atoms with Gasteiger partial charge in [-0.2, -0.15) is 0 Å². The number of nitrogens with one attached hydrogen (secondary N) is 1. The second kappa shape index (κ2) is 8.48. The lowest BCUT2D eigenvalue weighted by Gasteiger charge is -2.09. The van der Waals surface area contributed by atoms with E-state index in [4.69, 9.17) is 13.9 Å². The van der Waals surface area contributed by atoms with Crippen LogP contribution >= 0.6 is 0 Å². The van der Waals surface area contributed by atoms with E-state index in [1.165, 1.54) is 0 Å². The third kappa shape index (κ3) is 4.00. The molecule has 0 aliphatic heterocycles. The number of aromatic nitrogens is 2. The second-order valence-electron chi connectivity index (χ2n) is 6.38. The van der Waals surface area contributed by atoms with E-state index in [2.05, 4.69) is 15.5 Å². The maximum atomic E-state index is 12.7. The number of hydrogen-bond acceptors (Lipinski definition) is 6. The second-order valence-corrected chi connectivity index (χ2v) is 6.38. The molecule has 0 fully saturated rings. The third-order valence-electron chi connectivity index (χ3n) is 4.48. The maximum absolute atomic E-state index is 12.7. The number of ether oxygens (including phenoxy) is 2. The van der Waals surface area contributed by atoms with Crippen molar-refractivity contribution >= 4 is 11.6 Å². The molecule has 0 spiro atoms. The molecule has 0 aliphatic rings. The number of hydrogen-bond donors (Lipinski definition) is 1. The largest absolute Gasteiger partial charge is 0.497 e. The summed E-state index contributed by atoms with van der Waals surface area (Å²) in [6.07, 6.45) is 0. The first-order chi connectivity index (χ1) is 14.7. The van der Waals surface area contributed by atoms with E-state index in [-0.39, 0.29) is 5.91 Å². The van der Waals surface area contributed by atoms with Crippen molar-refractivity contribution in [2.45, 2.75) is 0 Å². The molecule has 0 saturated heterocycles. The fourth-order valence-electron chi connectivity index (χ4n) is 2.94. The average molecular weight is 401 g/mol. The number of benzene rings is 3. The van der Waals surface area contributed by atoms with Crippen molar-refractivity contribution in [1.82, 2.24) is 10.2 Å². The summed E-state index contributed by atoms with van der Waals surface area (Å²) in [7, 11) is 3.15. The Morgan fingerprint density at radius 1 is 0.833 bits per heavy atom. The summed E-state index contributed by atoms with van der Waals surface area (Å²) >= 11 is 0. The summed E-state index contributed by atoms with van der Waals surface area (Å²) in [4.78, 5) is 12.7. The summed E-state index contributed by atoms with van der Waals surface area (Å²) in [6.45, 7) is 0. The molecule has 30 heavy (non-hydrogen) atoms. The topological polar surface area (TPSA) is 86.5 Å². The Morgan fingerprint density at radius 2 is 1.53 bits per heavy atom. The van der Waals surface area contributed by atoms with Crippen molar-refractivity contribution in [3.63, 3.8) is 0 Å². The molecule has 7 nitrogen and oxygen atoms in total. The number of carbonyl (C=O) groups excluding carboxylic acids is 1. The zero-order chi connectivity index (χ0) is 20.9. The van der Waals surface area contributed by atoms with Gasteiger partial charge in [-0.25, -0.2) is 0 Å². The molecule has 3 aromatic carbocycles. The van der Waals surface area contributed by atoms with Gasteiger partial charge in [0.1, 0.15) is 11.5 Å². The minimum atomic E-state index is -0.270. The summed E-state index contributed by atoms with van der Waals surface area (Å²) in [6, 6.07) is 21.5. The summed E-state index contributed by atoms with van der Waals surface area (Å²) in [5.74, 6) is 1.69. The van der Waals surface area contributed by atoms with E-state index in [0.717, 1.165) is 5.56 Å². The minimum absolute atomic E-state index is 0.270. The molecule has 150 valence electrons. The predicted octanol–water partition coefficient (Wildman–Crippen LogP) is 4.67. The van der Waals surface area contributed by atoms with Gasteiger partial charge < -0.3 is 19.2 Å². The Bertz CT molecular complexity index is 1190. The van der Waals surface area contributed by atoms with Crippen molar-refractivity contribution in [2.24, 2.45) is 0 Å². The molecule has 1 N–H and O–H groups in total. The van der Waals surface area contributed by atoms with Gasteiger partial charge in [-0.3, -0.25) is 4.79 Å². The van der Waals surface area contributed by atoms with Gasteiger partial charge in [0.25, 0.3) is 5.91 Å². The Morgan fingerprint density at radius 3 is 2.33 bits per heavy atom. The fraction of sp³-hybridized carbons (Fsp3) is 0.0870. The van der Waals surface area contributed by atoms with Gasteiger partial charge in [0, 0.05) is 11.1 Å². The van der Waals surface area contributed by atoms with Crippen molar-refractivity contribution in [2.75, 3.05) is 19.5 Å². The number of amides is 1. The van der Waals surface area contributed by atoms with Crippen LogP contribution in [0.25, 0.3) is 22.9 Å². The monoisotopic (exact) mass is 401 g/mol. The Hall–Kier alpha value is -4.13. The van der Waals surface area contributed by atoms with E-state index in [1.54, 1.807) is 44.6 Å². The molecule has 0 atom stereocenters. The summed E-state index contributed by atoms with van der Waals surface area (Å²) in [5.41, 5.74) is 2.40. The van der Waals surface area contributed by atoms with Crippen molar-refractivity contribution in [3.05, 3.63) is 78.4 Å². The Balaban J connectivity index is 1.62. The third-order valence-corrected chi connectivity index (χ3v) is 4.48. The van der Waals surface area contributed by atoms with Gasteiger partial charge in [0.2, 0.25) is 11.8 Å². The lowest BCUT2D eigenvalue weighted by molar-refractivity contribution is 0.102. The van der Waals surface area contributed by atoms with Crippen LogP contribution in [-0.2, 0) is 0 Å². The standard InChI is InChI=1S/C23H19N3O4/c1-28-17-9-5-7-15(13-17)21(27)24-20-12-4-3-11-19(20)23-26-25-22(30-23)16-8-6-10-18(14-16)29-2/h3-14H,1-2H3,(H,24,27). The lowest BCUT2D eigenvalue weighted by Crippen LogP contribution is -2.12. The van der Waals surface area contributed by atoms with Gasteiger partial charge in [0.15, 0.2) is 0 Å². The van der Waals surface area contributed by atoms with E-state index < -0.39 is 0 Å². The minimum Gasteiger partial charge on any atom is -0.497 e. The van der Waals surface area contributed by atoms with Crippen molar-refractivity contribution in [1.29, 1.82) is 0 Å². The van der Waals surface area contributed by atoms with E-state index in [9.17, 15) is 4.79 Å². The quantitative estimate of drug-likeness (QED) is 0.505. The Kier molecular flexibility index (Phi) is 5.43. The van der Waals surface area contributed by atoms with Gasteiger partial charge in [-0.1, -0.05) is 24.3 Å². The van der Waals surface area contributed by atoms with Gasteiger partial charge >= 0.3 is 0 Å². The average Bonchev–Trinajstić information content (AvgIpc) is 3.29. The van der Waals surface area contributed by atoms with Crippen LogP contribution in [0.4, 0.5) is 5.69 Å².